The Bertz CT molecular complexity index is 351. The summed E-state index contributed by atoms with van der Waals surface area (Å²) in [6.07, 6.45) is 0.855. The van der Waals surface area contributed by atoms with Crippen molar-refractivity contribution < 1.29 is 23.8 Å². The van der Waals surface area contributed by atoms with Gasteiger partial charge in [-0.15, -0.1) is 6.58 Å². The van der Waals surface area contributed by atoms with E-state index in [1.54, 1.807) is 6.08 Å². The predicted molar refractivity (Wildman–Crippen MR) is 64.6 cm³/mol. The Kier molecular flexibility index (Phi) is 4.51. The van der Waals surface area contributed by atoms with Crippen LogP contribution in [-0.4, -0.2) is 29.9 Å². The van der Waals surface area contributed by atoms with Crippen LogP contribution >= 0.6 is 0 Å². The molecule has 5 heteroatoms. The van der Waals surface area contributed by atoms with Gasteiger partial charge in [0, 0.05) is 19.8 Å². The topological polar surface area (TPSA) is 61.8 Å². The van der Waals surface area contributed by atoms with Gasteiger partial charge in [-0.3, -0.25) is 9.59 Å². The number of carbonyl (C=O) groups excluding carboxylic acids is 2. The van der Waals surface area contributed by atoms with Crippen molar-refractivity contribution in [3.8, 4) is 0 Å². The molecule has 0 amide bonds. The first-order chi connectivity index (χ1) is 8.36. The van der Waals surface area contributed by atoms with Crippen LogP contribution < -0.4 is 0 Å². The maximum Gasteiger partial charge on any atom is 0.305 e. The van der Waals surface area contributed by atoms with E-state index in [1.165, 1.54) is 13.8 Å². The zero-order valence-corrected chi connectivity index (χ0v) is 11.3. The minimum absolute atomic E-state index is 0.131. The minimum atomic E-state index is -0.876. The fourth-order valence-corrected chi connectivity index (χ4v) is 2.29. The first-order valence-corrected chi connectivity index (χ1v) is 6.02. The highest BCUT2D eigenvalue weighted by Crippen LogP contribution is 2.41. The quantitative estimate of drug-likeness (QED) is 0.567. The van der Waals surface area contributed by atoms with E-state index < -0.39 is 29.9 Å². The molecule has 0 spiro atoms. The van der Waals surface area contributed by atoms with E-state index in [0.29, 0.717) is 6.42 Å². The summed E-state index contributed by atoms with van der Waals surface area (Å²) in [4.78, 5) is 22.2. The van der Waals surface area contributed by atoms with E-state index in [-0.39, 0.29) is 5.92 Å². The van der Waals surface area contributed by atoms with Gasteiger partial charge in [-0.05, 0) is 6.42 Å². The second kappa shape index (κ2) is 5.52. The summed E-state index contributed by atoms with van der Waals surface area (Å²) in [5.41, 5.74) is -0.639. The van der Waals surface area contributed by atoms with Gasteiger partial charge in [-0.1, -0.05) is 19.9 Å². The van der Waals surface area contributed by atoms with E-state index in [0.717, 1.165) is 0 Å². The van der Waals surface area contributed by atoms with Gasteiger partial charge in [0.25, 0.3) is 0 Å². The lowest BCUT2D eigenvalue weighted by Crippen LogP contribution is -2.36. The molecule has 0 aromatic carbocycles. The molecular weight excluding hydrogens is 236 g/mol. The van der Waals surface area contributed by atoms with Crippen LogP contribution in [0.3, 0.4) is 0 Å². The van der Waals surface area contributed by atoms with Crippen molar-refractivity contribution in [1.82, 2.24) is 0 Å². The molecule has 0 bridgehead atoms. The molecule has 4 atom stereocenters. The minimum Gasteiger partial charge on any atom is -0.455 e. The summed E-state index contributed by atoms with van der Waals surface area (Å²) in [6.45, 7) is 10.2. The van der Waals surface area contributed by atoms with Crippen LogP contribution in [0.1, 0.15) is 34.1 Å². The number of ether oxygens (including phenoxy) is 3. The van der Waals surface area contributed by atoms with Gasteiger partial charge < -0.3 is 14.2 Å². The van der Waals surface area contributed by atoms with Crippen molar-refractivity contribution >= 4 is 11.9 Å². The molecule has 1 rings (SSSR count). The predicted octanol–water partition coefficient (Wildman–Crippen LogP) is 1.81. The molecule has 1 aliphatic rings. The van der Waals surface area contributed by atoms with E-state index in [1.807, 2.05) is 13.8 Å². The Morgan fingerprint density at radius 3 is 2.28 bits per heavy atom. The van der Waals surface area contributed by atoms with Gasteiger partial charge in [0.1, 0.15) is 0 Å². The molecule has 1 fully saturated rings. The number of hydrogen-bond acceptors (Lipinski definition) is 5. The fourth-order valence-electron chi connectivity index (χ4n) is 2.29. The summed E-state index contributed by atoms with van der Waals surface area (Å²) in [5, 5.41) is 0. The van der Waals surface area contributed by atoms with Crippen LogP contribution in [-0.2, 0) is 23.8 Å². The standard InChI is InChI=1S/C13H20O5/c1-6-13(7-2)8(3)11(16-9(4)14)12(18-13)17-10(5)15/h6,8,11-12H,1,7H2,2-5H3/t8-,11+,12?,13+/m0/s1. The second-order valence-electron chi connectivity index (χ2n) is 4.47. The van der Waals surface area contributed by atoms with Crippen LogP contribution in [0.5, 0.6) is 0 Å². The number of esters is 2. The van der Waals surface area contributed by atoms with E-state index in [4.69, 9.17) is 14.2 Å². The molecule has 18 heavy (non-hydrogen) atoms. The number of hydrogen-bond donors (Lipinski definition) is 0. The fraction of sp³-hybridized carbons (Fsp3) is 0.692. The summed E-state index contributed by atoms with van der Waals surface area (Å²) in [7, 11) is 0. The summed E-state index contributed by atoms with van der Waals surface area (Å²) in [6, 6.07) is 0. The van der Waals surface area contributed by atoms with Gasteiger partial charge in [0.05, 0.1) is 5.60 Å². The van der Waals surface area contributed by atoms with E-state index in [2.05, 4.69) is 6.58 Å². The number of carbonyl (C=O) groups is 2. The van der Waals surface area contributed by atoms with Gasteiger partial charge in [0.2, 0.25) is 6.29 Å². The molecule has 1 aliphatic heterocycles. The third-order valence-electron chi connectivity index (χ3n) is 3.35. The normalized spacial score (nSPS) is 35.0. The largest absolute Gasteiger partial charge is 0.455 e. The molecule has 1 unspecified atom stereocenters. The molecule has 1 saturated heterocycles. The molecule has 0 aromatic rings. The Morgan fingerprint density at radius 1 is 1.33 bits per heavy atom. The first kappa shape index (κ1) is 14.7. The average Bonchev–Trinajstić information content (AvgIpc) is 2.53. The molecular formula is C13H20O5. The highest BCUT2D eigenvalue weighted by atomic mass is 16.7. The lowest BCUT2D eigenvalue weighted by molar-refractivity contribution is -0.200. The molecule has 102 valence electrons. The second-order valence-corrected chi connectivity index (χ2v) is 4.47. The molecule has 0 N–H and O–H groups in total. The van der Waals surface area contributed by atoms with Crippen LogP contribution in [0.25, 0.3) is 0 Å². The van der Waals surface area contributed by atoms with Crippen molar-refractivity contribution in [2.24, 2.45) is 5.92 Å². The van der Waals surface area contributed by atoms with Crippen LogP contribution in [0.4, 0.5) is 0 Å². The first-order valence-electron chi connectivity index (χ1n) is 6.02. The molecule has 0 aliphatic carbocycles. The van der Waals surface area contributed by atoms with Crippen molar-refractivity contribution in [1.29, 1.82) is 0 Å². The van der Waals surface area contributed by atoms with Crippen molar-refractivity contribution in [3.63, 3.8) is 0 Å². The summed E-state index contributed by atoms with van der Waals surface area (Å²) >= 11 is 0. The monoisotopic (exact) mass is 256 g/mol. The maximum atomic E-state index is 11.1. The average molecular weight is 256 g/mol. The van der Waals surface area contributed by atoms with Gasteiger partial charge in [-0.25, -0.2) is 0 Å². The van der Waals surface area contributed by atoms with Crippen molar-refractivity contribution in [2.45, 2.75) is 52.1 Å². The zero-order chi connectivity index (χ0) is 13.9. The lowest BCUT2D eigenvalue weighted by Gasteiger charge is -2.27. The highest BCUT2D eigenvalue weighted by Gasteiger charge is 2.53. The molecule has 0 radical (unpaired) electrons. The van der Waals surface area contributed by atoms with Crippen molar-refractivity contribution in [3.05, 3.63) is 12.7 Å². The molecule has 0 aromatic heterocycles. The maximum absolute atomic E-state index is 11.1. The Morgan fingerprint density at radius 2 is 1.89 bits per heavy atom. The highest BCUT2D eigenvalue weighted by molar-refractivity contribution is 5.67. The van der Waals surface area contributed by atoms with Gasteiger partial charge >= 0.3 is 11.9 Å². The Balaban J connectivity index is 2.97. The summed E-state index contributed by atoms with van der Waals surface area (Å²) < 4.78 is 16.0. The Labute approximate surface area is 107 Å². The van der Waals surface area contributed by atoms with Crippen molar-refractivity contribution in [2.75, 3.05) is 0 Å². The summed E-state index contributed by atoms with van der Waals surface area (Å²) in [5.74, 6) is -1.03. The van der Waals surface area contributed by atoms with Gasteiger partial charge in [-0.2, -0.15) is 0 Å². The third-order valence-corrected chi connectivity index (χ3v) is 3.35. The lowest BCUT2D eigenvalue weighted by atomic mass is 9.85. The zero-order valence-electron chi connectivity index (χ0n) is 11.3. The van der Waals surface area contributed by atoms with E-state index in [9.17, 15) is 9.59 Å². The molecule has 1 heterocycles. The van der Waals surface area contributed by atoms with E-state index >= 15 is 0 Å². The smallest absolute Gasteiger partial charge is 0.305 e. The van der Waals surface area contributed by atoms with Crippen LogP contribution in [0.2, 0.25) is 0 Å². The van der Waals surface area contributed by atoms with Crippen LogP contribution in [0.15, 0.2) is 12.7 Å². The SMILES string of the molecule is C=C[C@]1(CC)OC(OC(C)=O)[C@H](OC(C)=O)[C@@H]1C. The molecule has 5 nitrogen and oxygen atoms in total. The third kappa shape index (κ3) is 2.72. The number of rotatable bonds is 4. The van der Waals surface area contributed by atoms with Crippen LogP contribution in [0, 0.1) is 5.92 Å². The van der Waals surface area contributed by atoms with Gasteiger partial charge in [0.15, 0.2) is 6.10 Å². The molecule has 0 saturated carbocycles. The Hall–Kier alpha value is -1.36.